The Balaban J connectivity index is 1.56. The van der Waals surface area contributed by atoms with Crippen molar-refractivity contribution in [2.24, 2.45) is 5.92 Å². The number of carbonyl (C=O) groups is 2. The average Bonchev–Trinajstić information content (AvgIpc) is 3.08. The maximum atomic E-state index is 12.1. The second-order valence-electron chi connectivity index (χ2n) is 6.34. The minimum absolute atomic E-state index is 0.151. The smallest absolute Gasteiger partial charge is 0.234 e. The summed E-state index contributed by atoms with van der Waals surface area (Å²) in [5, 5.41) is 3.05. The fraction of sp³-hybridized carbons (Fsp3) is 0.867. The molecule has 3 fully saturated rings. The highest BCUT2D eigenvalue weighted by Crippen LogP contribution is 2.32. The summed E-state index contributed by atoms with van der Waals surface area (Å²) in [5.41, 5.74) is 0. The van der Waals surface area contributed by atoms with E-state index in [1.54, 1.807) is 0 Å². The maximum absolute atomic E-state index is 12.1. The lowest BCUT2D eigenvalue weighted by atomic mass is 9.82. The van der Waals surface area contributed by atoms with Crippen LogP contribution in [-0.2, 0) is 9.59 Å². The number of amides is 1. The molecular formula is C15H24N2O2. The third-order valence-electron chi connectivity index (χ3n) is 4.77. The molecule has 0 spiro atoms. The van der Waals surface area contributed by atoms with Gasteiger partial charge < -0.3 is 5.32 Å². The van der Waals surface area contributed by atoms with Crippen LogP contribution in [0, 0.1) is 5.92 Å². The van der Waals surface area contributed by atoms with Crippen molar-refractivity contribution in [3.8, 4) is 0 Å². The normalized spacial score (nSPS) is 32.5. The van der Waals surface area contributed by atoms with Crippen molar-refractivity contribution in [1.29, 1.82) is 0 Å². The first-order chi connectivity index (χ1) is 9.24. The van der Waals surface area contributed by atoms with Crippen LogP contribution >= 0.6 is 0 Å². The topological polar surface area (TPSA) is 49.4 Å². The molecule has 2 aliphatic carbocycles. The quantitative estimate of drug-likeness (QED) is 0.837. The molecule has 0 radical (unpaired) electrons. The predicted molar refractivity (Wildman–Crippen MR) is 72.7 cm³/mol. The number of Topliss-reactive ketones (excluding diaryl/α,β-unsaturated/α-hetero) is 1. The van der Waals surface area contributed by atoms with Crippen molar-refractivity contribution >= 4 is 11.7 Å². The molecule has 0 bridgehead atoms. The van der Waals surface area contributed by atoms with E-state index in [1.165, 1.54) is 6.42 Å². The molecule has 2 atom stereocenters. The zero-order valence-corrected chi connectivity index (χ0v) is 11.6. The Hall–Kier alpha value is -0.900. The number of likely N-dealkylation sites (tertiary alicyclic amines) is 1. The van der Waals surface area contributed by atoms with Crippen LogP contribution in [0.2, 0.25) is 0 Å². The number of ketones is 1. The molecule has 106 valence electrons. The zero-order chi connectivity index (χ0) is 13.2. The van der Waals surface area contributed by atoms with Gasteiger partial charge in [0, 0.05) is 24.4 Å². The summed E-state index contributed by atoms with van der Waals surface area (Å²) in [6.45, 7) is 1.47. The van der Waals surface area contributed by atoms with Gasteiger partial charge in [-0.15, -0.1) is 0 Å². The number of rotatable bonds is 4. The van der Waals surface area contributed by atoms with E-state index < -0.39 is 0 Å². The largest absolute Gasteiger partial charge is 0.352 e. The fourth-order valence-corrected chi connectivity index (χ4v) is 3.61. The molecule has 2 saturated carbocycles. The molecule has 2 unspecified atom stereocenters. The van der Waals surface area contributed by atoms with Gasteiger partial charge in [-0.3, -0.25) is 14.5 Å². The van der Waals surface area contributed by atoms with Crippen LogP contribution in [0.25, 0.3) is 0 Å². The van der Waals surface area contributed by atoms with Crippen LogP contribution in [0.3, 0.4) is 0 Å². The number of hydrogen-bond donors (Lipinski definition) is 1. The molecule has 3 aliphatic rings. The molecule has 0 aromatic rings. The molecule has 4 nitrogen and oxygen atoms in total. The van der Waals surface area contributed by atoms with Crippen LogP contribution in [-0.4, -0.2) is 41.8 Å². The van der Waals surface area contributed by atoms with Gasteiger partial charge in [0.25, 0.3) is 0 Å². The monoisotopic (exact) mass is 264 g/mol. The molecule has 19 heavy (non-hydrogen) atoms. The Bertz CT molecular complexity index is 365. The molecule has 1 heterocycles. The van der Waals surface area contributed by atoms with Crippen LogP contribution in [0.5, 0.6) is 0 Å². The molecule has 0 aromatic heterocycles. The van der Waals surface area contributed by atoms with Crippen LogP contribution in [0.15, 0.2) is 0 Å². The van der Waals surface area contributed by atoms with Gasteiger partial charge in [-0.05, 0) is 45.1 Å². The average molecular weight is 264 g/mol. The molecule has 1 N–H and O–H groups in total. The van der Waals surface area contributed by atoms with Gasteiger partial charge >= 0.3 is 0 Å². The molecule has 3 rings (SSSR count). The Labute approximate surface area is 114 Å². The predicted octanol–water partition coefficient (Wildman–Crippen LogP) is 1.49. The van der Waals surface area contributed by atoms with Crippen molar-refractivity contribution in [2.75, 3.05) is 13.1 Å². The van der Waals surface area contributed by atoms with Crippen molar-refractivity contribution in [3.63, 3.8) is 0 Å². The van der Waals surface area contributed by atoms with Crippen molar-refractivity contribution in [3.05, 3.63) is 0 Å². The van der Waals surface area contributed by atoms with E-state index >= 15 is 0 Å². The van der Waals surface area contributed by atoms with E-state index in [1.807, 2.05) is 0 Å². The van der Waals surface area contributed by atoms with E-state index in [2.05, 4.69) is 10.2 Å². The molecule has 1 aliphatic heterocycles. The Morgan fingerprint density at radius 1 is 1.16 bits per heavy atom. The van der Waals surface area contributed by atoms with Gasteiger partial charge in [0.05, 0.1) is 6.54 Å². The zero-order valence-electron chi connectivity index (χ0n) is 11.6. The van der Waals surface area contributed by atoms with E-state index in [0.29, 0.717) is 24.4 Å². The molecule has 4 heteroatoms. The Morgan fingerprint density at radius 3 is 2.74 bits per heavy atom. The Kier molecular flexibility index (Phi) is 3.87. The van der Waals surface area contributed by atoms with Gasteiger partial charge in [-0.25, -0.2) is 0 Å². The van der Waals surface area contributed by atoms with Gasteiger partial charge in [-0.1, -0.05) is 6.42 Å². The van der Waals surface area contributed by atoms with Gasteiger partial charge in [0.2, 0.25) is 5.91 Å². The minimum Gasteiger partial charge on any atom is -0.352 e. The highest BCUT2D eigenvalue weighted by molar-refractivity contribution is 5.83. The SMILES string of the molecule is O=C(CN1CCCC1C1CCCCC1=O)NC1CC1. The first kappa shape index (κ1) is 13.1. The lowest BCUT2D eigenvalue weighted by Gasteiger charge is -2.32. The lowest BCUT2D eigenvalue weighted by molar-refractivity contribution is -0.129. The van der Waals surface area contributed by atoms with E-state index in [4.69, 9.17) is 0 Å². The van der Waals surface area contributed by atoms with Crippen molar-refractivity contribution in [2.45, 2.75) is 63.5 Å². The minimum atomic E-state index is 0.151. The first-order valence-corrected chi connectivity index (χ1v) is 7.80. The summed E-state index contributed by atoms with van der Waals surface area (Å²) < 4.78 is 0. The number of nitrogens with zero attached hydrogens (tertiary/aromatic N) is 1. The highest BCUT2D eigenvalue weighted by Gasteiger charge is 2.37. The number of carbonyl (C=O) groups excluding carboxylic acids is 2. The summed E-state index contributed by atoms with van der Waals surface area (Å²) >= 11 is 0. The van der Waals surface area contributed by atoms with E-state index in [0.717, 1.165) is 51.5 Å². The van der Waals surface area contributed by atoms with Crippen LogP contribution in [0.1, 0.15) is 51.4 Å². The second kappa shape index (κ2) is 5.61. The summed E-state index contributed by atoms with van der Waals surface area (Å²) in [6.07, 6.45) is 8.51. The van der Waals surface area contributed by atoms with Crippen LogP contribution < -0.4 is 5.32 Å². The standard InChI is InChI=1S/C15H24N2O2/c18-14-6-2-1-4-12(14)13-5-3-9-17(13)10-15(19)16-11-7-8-11/h11-13H,1-10H2,(H,16,19). The van der Waals surface area contributed by atoms with Gasteiger partial charge in [0.15, 0.2) is 0 Å². The molecule has 1 saturated heterocycles. The summed E-state index contributed by atoms with van der Waals surface area (Å²) in [6, 6.07) is 0.766. The van der Waals surface area contributed by atoms with Crippen molar-refractivity contribution in [1.82, 2.24) is 10.2 Å². The van der Waals surface area contributed by atoms with E-state index in [9.17, 15) is 9.59 Å². The fourth-order valence-electron chi connectivity index (χ4n) is 3.61. The third-order valence-corrected chi connectivity index (χ3v) is 4.77. The lowest BCUT2D eigenvalue weighted by Crippen LogP contribution is -2.45. The first-order valence-electron chi connectivity index (χ1n) is 7.80. The molecule has 1 amide bonds. The summed E-state index contributed by atoms with van der Waals surface area (Å²) in [7, 11) is 0. The highest BCUT2D eigenvalue weighted by atomic mass is 16.2. The van der Waals surface area contributed by atoms with Crippen LogP contribution in [0.4, 0.5) is 0 Å². The van der Waals surface area contributed by atoms with Gasteiger partial charge in [-0.2, -0.15) is 0 Å². The summed E-state index contributed by atoms with van der Waals surface area (Å²) in [5.74, 6) is 0.786. The maximum Gasteiger partial charge on any atom is 0.234 e. The molecule has 0 aromatic carbocycles. The summed E-state index contributed by atoms with van der Waals surface area (Å²) in [4.78, 5) is 26.3. The van der Waals surface area contributed by atoms with Gasteiger partial charge in [0.1, 0.15) is 5.78 Å². The van der Waals surface area contributed by atoms with E-state index in [-0.39, 0.29) is 11.8 Å². The second-order valence-corrected chi connectivity index (χ2v) is 6.34. The third kappa shape index (κ3) is 3.16. The number of hydrogen-bond acceptors (Lipinski definition) is 3. The Morgan fingerprint density at radius 2 is 2.00 bits per heavy atom. The number of nitrogens with one attached hydrogen (secondary N) is 1. The molecular weight excluding hydrogens is 240 g/mol. The van der Waals surface area contributed by atoms with Crippen molar-refractivity contribution < 1.29 is 9.59 Å².